The second-order valence-electron chi connectivity index (χ2n) is 4.74. The Labute approximate surface area is 125 Å². The zero-order valence-electron chi connectivity index (χ0n) is 11.1. The number of fused-ring (bicyclic) bond motifs is 2. The van der Waals surface area contributed by atoms with Gasteiger partial charge in [-0.15, -0.1) is 0 Å². The Morgan fingerprint density at radius 1 is 1.05 bits per heavy atom. The lowest BCUT2D eigenvalue weighted by Crippen LogP contribution is -1.97. The lowest BCUT2D eigenvalue weighted by Gasteiger charge is -2.06. The second kappa shape index (κ2) is 4.79. The average molecular weight is 292 g/mol. The number of aromatic nitrogens is 3. The lowest BCUT2D eigenvalue weighted by molar-refractivity contribution is 1.04. The van der Waals surface area contributed by atoms with E-state index in [0.29, 0.717) is 5.82 Å². The predicted octanol–water partition coefficient (Wildman–Crippen LogP) is 3.62. The summed E-state index contributed by atoms with van der Waals surface area (Å²) in [6.45, 7) is 0. The molecule has 4 rings (SSSR count). The molecule has 0 saturated carbocycles. The highest BCUT2D eigenvalue weighted by atomic mass is 32.2. The Hall–Kier alpha value is -2.53. The Morgan fingerprint density at radius 3 is 2.81 bits per heavy atom. The van der Waals surface area contributed by atoms with E-state index in [4.69, 9.17) is 5.73 Å². The number of anilines is 1. The summed E-state index contributed by atoms with van der Waals surface area (Å²) in [5, 5.41) is 3.26. The molecular weight excluding hydrogens is 280 g/mol. The van der Waals surface area contributed by atoms with Gasteiger partial charge in [-0.2, -0.15) is 0 Å². The molecule has 2 aromatic carbocycles. The van der Waals surface area contributed by atoms with Gasteiger partial charge in [-0.1, -0.05) is 42.1 Å². The molecule has 0 amide bonds. The molecular formula is C16H12N4S. The standard InChI is InChI=1S/C16H12N4S/c17-14-10-20-8-7-18-15(20)16(19-14)21-13-6-5-11-3-1-2-4-12(11)9-13/h1-10H,17H2. The van der Waals surface area contributed by atoms with Crippen LogP contribution in [-0.2, 0) is 0 Å². The molecule has 0 atom stereocenters. The topological polar surface area (TPSA) is 56.2 Å². The summed E-state index contributed by atoms with van der Waals surface area (Å²) >= 11 is 1.58. The van der Waals surface area contributed by atoms with Crippen LogP contribution in [0.15, 0.2) is 71.0 Å². The number of imidazole rings is 1. The van der Waals surface area contributed by atoms with Gasteiger partial charge in [0.05, 0.1) is 6.20 Å². The van der Waals surface area contributed by atoms with Crippen molar-refractivity contribution >= 4 is 34.0 Å². The van der Waals surface area contributed by atoms with E-state index in [0.717, 1.165) is 15.6 Å². The van der Waals surface area contributed by atoms with E-state index in [1.54, 1.807) is 24.2 Å². The molecule has 2 aromatic heterocycles. The van der Waals surface area contributed by atoms with Crippen LogP contribution in [0.25, 0.3) is 16.4 Å². The van der Waals surface area contributed by atoms with Crippen molar-refractivity contribution in [1.82, 2.24) is 14.4 Å². The van der Waals surface area contributed by atoms with Gasteiger partial charge in [0.1, 0.15) is 10.8 Å². The van der Waals surface area contributed by atoms with Crippen molar-refractivity contribution in [2.45, 2.75) is 9.92 Å². The smallest absolute Gasteiger partial charge is 0.170 e. The molecule has 0 unspecified atom stereocenters. The fourth-order valence-corrected chi connectivity index (χ4v) is 3.28. The van der Waals surface area contributed by atoms with E-state index < -0.39 is 0 Å². The zero-order valence-corrected chi connectivity index (χ0v) is 11.9. The van der Waals surface area contributed by atoms with Crippen molar-refractivity contribution in [3.8, 4) is 0 Å². The Balaban J connectivity index is 1.80. The van der Waals surface area contributed by atoms with E-state index in [1.807, 2.05) is 22.7 Å². The number of hydrogen-bond acceptors (Lipinski definition) is 4. The third kappa shape index (κ3) is 2.21. The molecule has 0 spiro atoms. The van der Waals surface area contributed by atoms with E-state index in [1.165, 1.54) is 10.8 Å². The van der Waals surface area contributed by atoms with Gasteiger partial charge in [0.15, 0.2) is 5.65 Å². The Kier molecular flexibility index (Phi) is 2.79. The lowest BCUT2D eigenvalue weighted by atomic mass is 10.1. The van der Waals surface area contributed by atoms with Crippen LogP contribution in [0, 0.1) is 0 Å². The molecule has 0 saturated heterocycles. The Bertz CT molecular complexity index is 945. The van der Waals surface area contributed by atoms with Gasteiger partial charge in [-0.3, -0.25) is 0 Å². The zero-order chi connectivity index (χ0) is 14.2. The van der Waals surface area contributed by atoms with Gasteiger partial charge in [-0.05, 0) is 22.9 Å². The fraction of sp³-hybridized carbons (Fsp3) is 0. The van der Waals surface area contributed by atoms with Crippen molar-refractivity contribution in [3.63, 3.8) is 0 Å². The quantitative estimate of drug-likeness (QED) is 0.613. The molecule has 0 fully saturated rings. The van der Waals surface area contributed by atoms with E-state index in [-0.39, 0.29) is 0 Å². The van der Waals surface area contributed by atoms with Gasteiger partial charge in [0.2, 0.25) is 0 Å². The second-order valence-corrected chi connectivity index (χ2v) is 5.80. The fourth-order valence-electron chi connectivity index (χ4n) is 2.33. The van der Waals surface area contributed by atoms with E-state index >= 15 is 0 Å². The predicted molar refractivity (Wildman–Crippen MR) is 85.5 cm³/mol. The van der Waals surface area contributed by atoms with Crippen LogP contribution in [0.3, 0.4) is 0 Å². The largest absolute Gasteiger partial charge is 0.382 e. The van der Waals surface area contributed by atoms with Crippen LogP contribution >= 0.6 is 11.8 Å². The third-order valence-corrected chi connectivity index (χ3v) is 4.25. The molecule has 2 heterocycles. The maximum Gasteiger partial charge on any atom is 0.170 e. The Morgan fingerprint density at radius 2 is 1.90 bits per heavy atom. The third-order valence-electron chi connectivity index (χ3n) is 3.30. The summed E-state index contributed by atoms with van der Waals surface area (Å²) in [7, 11) is 0. The van der Waals surface area contributed by atoms with Gasteiger partial charge in [-0.25, -0.2) is 9.97 Å². The van der Waals surface area contributed by atoms with Crippen molar-refractivity contribution in [2.24, 2.45) is 0 Å². The molecule has 0 aliphatic heterocycles. The first-order valence-electron chi connectivity index (χ1n) is 6.55. The summed E-state index contributed by atoms with van der Waals surface area (Å²) < 4.78 is 1.89. The average Bonchev–Trinajstić information content (AvgIpc) is 2.95. The maximum atomic E-state index is 5.86. The molecule has 0 radical (unpaired) electrons. The molecule has 102 valence electrons. The minimum absolute atomic E-state index is 0.490. The molecule has 4 nitrogen and oxygen atoms in total. The van der Waals surface area contributed by atoms with Crippen LogP contribution in [0.1, 0.15) is 0 Å². The number of benzene rings is 2. The van der Waals surface area contributed by atoms with Gasteiger partial charge in [0, 0.05) is 17.3 Å². The molecule has 0 bridgehead atoms. The molecule has 4 aromatic rings. The van der Waals surface area contributed by atoms with Crippen LogP contribution < -0.4 is 5.73 Å². The van der Waals surface area contributed by atoms with Gasteiger partial charge < -0.3 is 10.1 Å². The van der Waals surface area contributed by atoms with Crippen LogP contribution in [-0.4, -0.2) is 14.4 Å². The van der Waals surface area contributed by atoms with Crippen LogP contribution in [0.5, 0.6) is 0 Å². The first kappa shape index (κ1) is 12.2. The summed E-state index contributed by atoms with van der Waals surface area (Å²) in [5.41, 5.74) is 6.68. The highest BCUT2D eigenvalue weighted by molar-refractivity contribution is 7.99. The van der Waals surface area contributed by atoms with Crippen molar-refractivity contribution in [1.29, 1.82) is 0 Å². The molecule has 21 heavy (non-hydrogen) atoms. The molecule has 5 heteroatoms. The van der Waals surface area contributed by atoms with Crippen LogP contribution in [0.4, 0.5) is 5.82 Å². The van der Waals surface area contributed by atoms with Crippen molar-refractivity contribution in [3.05, 3.63) is 61.1 Å². The first-order chi connectivity index (χ1) is 10.3. The van der Waals surface area contributed by atoms with E-state index in [9.17, 15) is 0 Å². The highest BCUT2D eigenvalue weighted by Gasteiger charge is 2.08. The summed E-state index contributed by atoms with van der Waals surface area (Å²) in [4.78, 5) is 9.87. The van der Waals surface area contributed by atoms with Gasteiger partial charge in [0.25, 0.3) is 0 Å². The highest BCUT2D eigenvalue weighted by Crippen LogP contribution is 2.31. The number of rotatable bonds is 2. The molecule has 0 aliphatic rings. The summed E-state index contributed by atoms with van der Waals surface area (Å²) in [5.74, 6) is 0.490. The van der Waals surface area contributed by atoms with E-state index in [2.05, 4.69) is 40.3 Å². The molecule has 2 N–H and O–H groups in total. The monoisotopic (exact) mass is 292 g/mol. The maximum absolute atomic E-state index is 5.86. The normalized spacial score (nSPS) is 11.2. The number of nitrogen functional groups attached to an aromatic ring is 1. The molecule has 0 aliphatic carbocycles. The summed E-state index contributed by atoms with van der Waals surface area (Å²) in [6.07, 6.45) is 5.39. The minimum atomic E-state index is 0.490. The summed E-state index contributed by atoms with van der Waals surface area (Å²) in [6, 6.07) is 14.7. The SMILES string of the molecule is Nc1cn2ccnc2c(Sc2ccc3ccccc3c2)n1. The van der Waals surface area contributed by atoms with Crippen LogP contribution in [0.2, 0.25) is 0 Å². The number of nitrogens with two attached hydrogens (primary N) is 1. The van der Waals surface area contributed by atoms with Gasteiger partial charge >= 0.3 is 0 Å². The van der Waals surface area contributed by atoms with Crippen molar-refractivity contribution < 1.29 is 0 Å². The van der Waals surface area contributed by atoms with Crippen molar-refractivity contribution in [2.75, 3.05) is 5.73 Å². The number of nitrogens with zero attached hydrogens (tertiary/aromatic N) is 3. The first-order valence-corrected chi connectivity index (χ1v) is 7.37. The minimum Gasteiger partial charge on any atom is -0.382 e. The number of hydrogen-bond donors (Lipinski definition) is 1.